The third-order valence-corrected chi connectivity index (χ3v) is 3.84. The van der Waals surface area contributed by atoms with E-state index < -0.39 is 5.60 Å². The molecule has 1 saturated heterocycles. The zero-order chi connectivity index (χ0) is 12.0. The Morgan fingerprint density at radius 3 is 2.50 bits per heavy atom. The van der Waals surface area contributed by atoms with Crippen molar-refractivity contribution < 1.29 is 5.11 Å². The van der Waals surface area contributed by atoms with Crippen molar-refractivity contribution in [3.8, 4) is 0 Å². The van der Waals surface area contributed by atoms with E-state index in [0.717, 1.165) is 38.5 Å². The predicted octanol–water partition coefficient (Wildman–Crippen LogP) is 1.47. The summed E-state index contributed by atoms with van der Waals surface area (Å²) >= 11 is 0. The Hall–Kier alpha value is -0.120. The Morgan fingerprint density at radius 2 is 2.00 bits per heavy atom. The number of β-amino-alcohol motifs (C(OH)–C–C–N with tert-alkyl or cyclic N) is 1. The highest BCUT2D eigenvalue weighted by Crippen LogP contribution is 2.22. The first-order chi connectivity index (χ1) is 7.57. The van der Waals surface area contributed by atoms with Gasteiger partial charge in [-0.25, -0.2) is 0 Å². The first kappa shape index (κ1) is 13.9. The lowest BCUT2D eigenvalue weighted by Gasteiger charge is -2.36. The summed E-state index contributed by atoms with van der Waals surface area (Å²) in [6, 6.07) is 0. The highest BCUT2D eigenvalue weighted by Gasteiger charge is 2.25. The standard InChI is InChI=1S/C13H28N2O/c1-4-13(2,16)11-15-9-6-12(7-10-15)5-8-14-3/h12,14,16H,4-11H2,1-3H3. The lowest BCUT2D eigenvalue weighted by Crippen LogP contribution is -2.44. The number of piperidine rings is 1. The van der Waals surface area contributed by atoms with Crippen LogP contribution in [0.5, 0.6) is 0 Å². The van der Waals surface area contributed by atoms with Gasteiger partial charge in [0.2, 0.25) is 0 Å². The van der Waals surface area contributed by atoms with Crippen molar-refractivity contribution in [1.82, 2.24) is 10.2 Å². The molecular formula is C13H28N2O. The van der Waals surface area contributed by atoms with Crippen LogP contribution in [-0.4, -0.2) is 48.8 Å². The quantitative estimate of drug-likeness (QED) is 0.722. The van der Waals surface area contributed by atoms with Crippen molar-refractivity contribution in [2.75, 3.05) is 33.2 Å². The number of nitrogens with zero attached hydrogens (tertiary/aromatic N) is 1. The van der Waals surface area contributed by atoms with Crippen LogP contribution in [0.25, 0.3) is 0 Å². The highest BCUT2D eigenvalue weighted by molar-refractivity contribution is 4.80. The van der Waals surface area contributed by atoms with Gasteiger partial charge in [-0.2, -0.15) is 0 Å². The van der Waals surface area contributed by atoms with Gasteiger partial charge in [0.25, 0.3) is 0 Å². The molecule has 1 aliphatic heterocycles. The molecule has 1 atom stereocenters. The molecule has 0 aromatic heterocycles. The molecule has 1 heterocycles. The van der Waals surface area contributed by atoms with E-state index in [0.29, 0.717) is 0 Å². The van der Waals surface area contributed by atoms with Crippen LogP contribution < -0.4 is 5.32 Å². The highest BCUT2D eigenvalue weighted by atomic mass is 16.3. The number of aliphatic hydroxyl groups is 1. The van der Waals surface area contributed by atoms with Gasteiger partial charge in [-0.05, 0) is 65.2 Å². The molecule has 0 saturated carbocycles. The average Bonchev–Trinajstić information content (AvgIpc) is 2.28. The molecule has 0 aromatic carbocycles. The molecule has 0 radical (unpaired) electrons. The van der Waals surface area contributed by atoms with Gasteiger partial charge in [-0.3, -0.25) is 0 Å². The van der Waals surface area contributed by atoms with Gasteiger partial charge in [-0.15, -0.1) is 0 Å². The SMILES string of the molecule is CCC(C)(O)CN1CCC(CCNC)CC1. The summed E-state index contributed by atoms with van der Waals surface area (Å²) < 4.78 is 0. The van der Waals surface area contributed by atoms with Crippen LogP contribution in [0.2, 0.25) is 0 Å². The Labute approximate surface area is 100 Å². The molecule has 3 heteroatoms. The fraction of sp³-hybridized carbons (Fsp3) is 1.00. The summed E-state index contributed by atoms with van der Waals surface area (Å²) in [6.07, 6.45) is 4.73. The van der Waals surface area contributed by atoms with Crippen LogP contribution in [0.1, 0.15) is 39.5 Å². The van der Waals surface area contributed by atoms with Gasteiger partial charge in [-0.1, -0.05) is 6.92 Å². The lowest BCUT2D eigenvalue weighted by atomic mass is 9.92. The first-order valence-electron chi connectivity index (χ1n) is 6.66. The van der Waals surface area contributed by atoms with Crippen LogP contribution >= 0.6 is 0 Å². The van der Waals surface area contributed by atoms with E-state index in [-0.39, 0.29) is 0 Å². The number of likely N-dealkylation sites (tertiary alicyclic amines) is 1. The zero-order valence-corrected chi connectivity index (χ0v) is 11.1. The molecule has 0 aromatic rings. The average molecular weight is 228 g/mol. The smallest absolute Gasteiger partial charge is 0.0743 e. The minimum absolute atomic E-state index is 0.502. The summed E-state index contributed by atoms with van der Waals surface area (Å²) in [5.74, 6) is 0.885. The van der Waals surface area contributed by atoms with E-state index >= 15 is 0 Å². The fourth-order valence-electron chi connectivity index (χ4n) is 2.38. The molecule has 1 aliphatic rings. The van der Waals surface area contributed by atoms with Gasteiger partial charge in [0.1, 0.15) is 0 Å². The third kappa shape index (κ3) is 4.81. The molecule has 0 amide bonds. The van der Waals surface area contributed by atoms with Crippen LogP contribution in [0.3, 0.4) is 0 Å². The second kappa shape index (κ2) is 6.58. The Bertz CT molecular complexity index is 186. The van der Waals surface area contributed by atoms with Crippen LogP contribution in [0.15, 0.2) is 0 Å². The van der Waals surface area contributed by atoms with E-state index in [2.05, 4.69) is 17.1 Å². The number of hydrogen-bond donors (Lipinski definition) is 2. The summed E-state index contributed by atoms with van der Waals surface area (Å²) in [5.41, 5.74) is -0.502. The first-order valence-corrected chi connectivity index (χ1v) is 6.66. The molecule has 3 nitrogen and oxygen atoms in total. The summed E-state index contributed by atoms with van der Waals surface area (Å²) in [5, 5.41) is 13.3. The molecule has 2 N–H and O–H groups in total. The maximum absolute atomic E-state index is 10.0. The molecule has 0 bridgehead atoms. The normalized spacial score (nSPS) is 23.2. The van der Waals surface area contributed by atoms with Gasteiger partial charge in [0.15, 0.2) is 0 Å². The van der Waals surface area contributed by atoms with Crippen LogP contribution in [-0.2, 0) is 0 Å². The second-order valence-electron chi connectivity index (χ2n) is 5.46. The molecule has 1 rings (SSSR count). The van der Waals surface area contributed by atoms with Crippen molar-refractivity contribution in [3.05, 3.63) is 0 Å². The predicted molar refractivity (Wildman–Crippen MR) is 68.6 cm³/mol. The minimum atomic E-state index is -0.502. The monoisotopic (exact) mass is 228 g/mol. The maximum Gasteiger partial charge on any atom is 0.0743 e. The largest absolute Gasteiger partial charge is 0.389 e. The van der Waals surface area contributed by atoms with Gasteiger partial charge in [0, 0.05) is 6.54 Å². The van der Waals surface area contributed by atoms with E-state index in [9.17, 15) is 5.11 Å². The Kier molecular flexibility index (Phi) is 5.73. The third-order valence-electron chi connectivity index (χ3n) is 3.84. The Morgan fingerprint density at radius 1 is 1.38 bits per heavy atom. The number of hydrogen-bond acceptors (Lipinski definition) is 3. The molecular weight excluding hydrogens is 200 g/mol. The maximum atomic E-state index is 10.0. The van der Waals surface area contributed by atoms with E-state index in [1.54, 1.807) is 0 Å². The molecule has 1 fully saturated rings. The number of rotatable bonds is 6. The van der Waals surface area contributed by atoms with Crippen molar-refractivity contribution in [3.63, 3.8) is 0 Å². The van der Waals surface area contributed by atoms with Gasteiger partial charge >= 0.3 is 0 Å². The summed E-state index contributed by atoms with van der Waals surface area (Å²) in [7, 11) is 2.02. The van der Waals surface area contributed by atoms with Gasteiger partial charge in [0.05, 0.1) is 5.60 Å². The number of nitrogens with one attached hydrogen (secondary N) is 1. The van der Waals surface area contributed by atoms with Crippen LogP contribution in [0.4, 0.5) is 0 Å². The molecule has 0 aliphatic carbocycles. The van der Waals surface area contributed by atoms with Crippen molar-refractivity contribution in [2.24, 2.45) is 5.92 Å². The van der Waals surface area contributed by atoms with E-state index in [1.165, 1.54) is 19.3 Å². The minimum Gasteiger partial charge on any atom is -0.389 e. The summed E-state index contributed by atoms with van der Waals surface area (Å²) in [4.78, 5) is 2.42. The lowest BCUT2D eigenvalue weighted by molar-refractivity contribution is 0.00625. The summed E-state index contributed by atoms with van der Waals surface area (Å²) in [6.45, 7) is 8.29. The molecule has 0 spiro atoms. The van der Waals surface area contributed by atoms with Crippen molar-refractivity contribution in [2.45, 2.75) is 45.1 Å². The zero-order valence-electron chi connectivity index (χ0n) is 11.1. The van der Waals surface area contributed by atoms with Crippen molar-refractivity contribution in [1.29, 1.82) is 0 Å². The van der Waals surface area contributed by atoms with E-state index in [4.69, 9.17) is 0 Å². The fourth-order valence-corrected chi connectivity index (χ4v) is 2.38. The second-order valence-corrected chi connectivity index (χ2v) is 5.46. The topological polar surface area (TPSA) is 35.5 Å². The molecule has 96 valence electrons. The molecule has 1 unspecified atom stereocenters. The molecule has 16 heavy (non-hydrogen) atoms. The van der Waals surface area contributed by atoms with E-state index in [1.807, 2.05) is 14.0 Å². The van der Waals surface area contributed by atoms with Gasteiger partial charge < -0.3 is 15.3 Å². The van der Waals surface area contributed by atoms with Crippen molar-refractivity contribution >= 4 is 0 Å². The van der Waals surface area contributed by atoms with Crippen LogP contribution in [0, 0.1) is 5.92 Å². The Balaban J connectivity index is 2.21.